The first-order chi connectivity index (χ1) is 5.74. The molecule has 0 fully saturated rings. The highest BCUT2D eigenvalue weighted by Crippen LogP contribution is 2.20. The lowest BCUT2D eigenvalue weighted by Gasteiger charge is -2.01. The maximum absolute atomic E-state index is 8.38. The highest BCUT2D eigenvalue weighted by Gasteiger charge is 1.95. The SMILES string of the molecule is Cc1ccc(SCC#N)cc1C. The van der Waals surface area contributed by atoms with Crippen molar-refractivity contribution in [2.75, 3.05) is 5.75 Å². The number of rotatable bonds is 2. The highest BCUT2D eigenvalue weighted by molar-refractivity contribution is 7.99. The van der Waals surface area contributed by atoms with Crippen LogP contribution < -0.4 is 0 Å². The highest BCUT2D eigenvalue weighted by atomic mass is 32.2. The molecule has 0 saturated heterocycles. The predicted molar refractivity (Wildman–Crippen MR) is 52.3 cm³/mol. The van der Waals surface area contributed by atoms with Crippen molar-refractivity contribution in [1.29, 1.82) is 5.26 Å². The molecule has 0 unspecified atom stereocenters. The van der Waals surface area contributed by atoms with Crippen molar-refractivity contribution in [3.63, 3.8) is 0 Å². The summed E-state index contributed by atoms with van der Waals surface area (Å²) in [5.74, 6) is 0.530. The van der Waals surface area contributed by atoms with Gasteiger partial charge in [0, 0.05) is 4.90 Å². The van der Waals surface area contributed by atoms with E-state index in [4.69, 9.17) is 5.26 Å². The van der Waals surface area contributed by atoms with Gasteiger partial charge in [0.2, 0.25) is 0 Å². The van der Waals surface area contributed by atoms with Gasteiger partial charge in [0.05, 0.1) is 11.8 Å². The van der Waals surface area contributed by atoms with E-state index in [9.17, 15) is 0 Å². The summed E-state index contributed by atoms with van der Waals surface area (Å²) in [4.78, 5) is 1.18. The third-order valence-electron chi connectivity index (χ3n) is 1.78. The van der Waals surface area contributed by atoms with E-state index >= 15 is 0 Å². The molecule has 0 saturated carbocycles. The number of benzene rings is 1. The minimum atomic E-state index is 0.530. The van der Waals surface area contributed by atoms with Crippen molar-refractivity contribution in [2.45, 2.75) is 18.7 Å². The molecule has 0 radical (unpaired) electrons. The summed E-state index contributed by atoms with van der Waals surface area (Å²) >= 11 is 1.58. The van der Waals surface area contributed by atoms with E-state index < -0.39 is 0 Å². The summed E-state index contributed by atoms with van der Waals surface area (Å²) in [5.41, 5.74) is 2.59. The van der Waals surface area contributed by atoms with Gasteiger partial charge in [-0.15, -0.1) is 11.8 Å². The summed E-state index contributed by atoms with van der Waals surface area (Å²) < 4.78 is 0. The summed E-state index contributed by atoms with van der Waals surface area (Å²) in [6.07, 6.45) is 0. The van der Waals surface area contributed by atoms with Crippen LogP contribution in [-0.4, -0.2) is 5.75 Å². The predicted octanol–water partition coefficient (Wildman–Crippen LogP) is 2.92. The zero-order chi connectivity index (χ0) is 8.97. The average molecular weight is 177 g/mol. The molecule has 0 heterocycles. The molecule has 0 aliphatic rings. The zero-order valence-corrected chi connectivity index (χ0v) is 8.11. The molecule has 0 aliphatic heterocycles. The Labute approximate surface area is 77.4 Å². The lowest BCUT2D eigenvalue weighted by molar-refractivity contribution is 1.28. The molecule has 1 aromatic carbocycles. The second-order valence-electron chi connectivity index (χ2n) is 2.69. The number of hydrogen-bond acceptors (Lipinski definition) is 2. The van der Waals surface area contributed by atoms with Gasteiger partial charge in [0.25, 0.3) is 0 Å². The fourth-order valence-corrected chi connectivity index (χ4v) is 1.57. The van der Waals surface area contributed by atoms with Crippen molar-refractivity contribution in [1.82, 2.24) is 0 Å². The monoisotopic (exact) mass is 177 g/mol. The maximum atomic E-state index is 8.38. The van der Waals surface area contributed by atoms with E-state index in [0.717, 1.165) is 0 Å². The van der Waals surface area contributed by atoms with Crippen LogP contribution in [0.15, 0.2) is 23.1 Å². The lowest BCUT2D eigenvalue weighted by atomic mass is 10.1. The van der Waals surface area contributed by atoms with E-state index in [2.05, 4.69) is 38.1 Å². The van der Waals surface area contributed by atoms with Gasteiger partial charge in [-0.1, -0.05) is 6.07 Å². The van der Waals surface area contributed by atoms with E-state index in [1.807, 2.05) is 0 Å². The Morgan fingerprint density at radius 1 is 1.33 bits per heavy atom. The molecule has 0 amide bonds. The van der Waals surface area contributed by atoms with Crippen LogP contribution in [0.2, 0.25) is 0 Å². The van der Waals surface area contributed by atoms with Gasteiger partial charge >= 0.3 is 0 Å². The van der Waals surface area contributed by atoms with E-state index in [-0.39, 0.29) is 0 Å². The van der Waals surface area contributed by atoms with Crippen LogP contribution in [0.25, 0.3) is 0 Å². The Morgan fingerprint density at radius 3 is 2.67 bits per heavy atom. The molecule has 1 aromatic rings. The van der Waals surface area contributed by atoms with Crippen LogP contribution >= 0.6 is 11.8 Å². The smallest absolute Gasteiger partial charge is 0.0855 e. The van der Waals surface area contributed by atoms with Crippen LogP contribution in [0.4, 0.5) is 0 Å². The molecule has 2 heteroatoms. The van der Waals surface area contributed by atoms with Gasteiger partial charge in [-0.25, -0.2) is 0 Å². The first-order valence-corrected chi connectivity index (χ1v) is 4.79. The van der Waals surface area contributed by atoms with Crippen LogP contribution in [0.5, 0.6) is 0 Å². The number of nitriles is 1. The van der Waals surface area contributed by atoms with Gasteiger partial charge in [-0.05, 0) is 37.1 Å². The molecular weight excluding hydrogens is 166 g/mol. The van der Waals surface area contributed by atoms with Gasteiger partial charge in [0.15, 0.2) is 0 Å². The Kier molecular flexibility index (Phi) is 3.19. The van der Waals surface area contributed by atoms with Crippen molar-refractivity contribution < 1.29 is 0 Å². The first kappa shape index (κ1) is 9.15. The van der Waals surface area contributed by atoms with Crippen molar-refractivity contribution in [3.05, 3.63) is 29.3 Å². The number of thioether (sulfide) groups is 1. The minimum absolute atomic E-state index is 0.530. The normalized spacial score (nSPS) is 9.42. The second-order valence-corrected chi connectivity index (χ2v) is 3.74. The Hall–Kier alpha value is -0.940. The fraction of sp³-hybridized carbons (Fsp3) is 0.300. The summed E-state index contributed by atoms with van der Waals surface area (Å²) in [6.45, 7) is 4.18. The van der Waals surface area contributed by atoms with Gasteiger partial charge in [-0.3, -0.25) is 0 Å². The topological polar surface area (TPSA) is 23.8 Å². The lowest BCUT2D eigenvalue weighted by Crippen LogP contribution is -1.81. The molecule has 1 nitrogen and oxygen atoms in total. The van der Waals surface area contributed by atoms with Gasteiger partial charge < -0.3 is 0 Å². The number of nitrogens with zero attached hydrogens (tertiary/aromatic N) is 1. The van der Waals surface area contributed by atoms with Crippen LogP contribution in [-0.2, 0) is 0 Å². The molecule has 0 aromatic heterocycles. The minimum Gasteiger partial charge on any atom is -0.197 e. The molecule has 12 heavy (non-hydrogen) atoms. The Bertz CT molecular complexity index is 312. The molecule has 0 bridgehead atoms. The van der Waals surface area contributed by atoms with E-state index in [1.54, 1.807) is 11.8 Å². The second kappa shape index (κ2) is 4.18. The largest absolute Gasteiger partial charge is 0.197 e. The van der Waals surface area contributed by atoms with Crippen LogP contribution in [0.3, 0.4) is 0 Å². The van der Waals surface area contributed by atoms with Crippen molar-refractivity contribution >= 4 is 11.8 Å². The number of aryl methyl sites for hydroxylation is 2. The van der Waals surface area contributed by atoms with E-state index in [1.165, 1.54) is 16.0 Å². The molecule has 0 N–H and O–H groups in total. The van der Waals surface area contributed by atoms with Gasteiger partial charge in [0.1, 0.15) is 0 Å². The average Bonchev–Trinajstić information content (AvgIpc) is 2.07. The number of hydrogen-bond donors (Lipinski definition) is 0. The maximum Gasteiger partial charge on any atom is 0.0855 e. The molecule has 62 valence electrons. The van der Waals surface area contributed by atoms with Crippen LogP contribution in [0.1, 0.15) is 11.1 Å². The quantitative estimate of drug-likeness (QED) is 0.648. The van der Waals surface area contributed by atoms with E-state index in [0.29, 0.717) is 5.75 Å². The Morgan fingerprint density at radius 2 is 2.08 bits per heavy atom. The molecule has 0 spiro atoms. The summed E-state index contributed by atoms with van der Waals surface area (Å²) in [5, 5.41) is 8.38. The third kappa shape index (κ3) is 2.28. The molecular formula is C10H11NS. The van der Waals surface area contributed by atoms with Gasteiger partial charge in [-0.2, -0.15) is 5.26 Å². The Balaban J connectivity index is 2.77. The first-order valence-electron chi connectivity index (χ1n) is 3.81. The molecule has 0 atom stereocenters. The van der Waals surface area contributed by atoms with Crippen molar-refractivity contribution in [3.8, 4) is 6.07 Å². The molecule has 0 aliphatic carbocycles. The standard InChI is InChI=1S/C10H11NS/c1-8-3-4-10(7-9(8)2)12-6-5-11/h3-4,7H,6H2,1-2H3. The van der Waals surface area contributed by atoms with Crippen molar-refractivity contribution in [2.24, 2.45) is 0 Å². The third-order valence-corrected chi connectivity index (χ3v) is 2.64. The summed E-state index contributed by atoms with van der Waals surface area (Å²) in [6, 6.07) is 8.39. The zero-order valence-electron chi connectivity index (χ0n) is 7.29. The summed E-state index contributed by atoms with van der Waals surface area (Å²) in [7, 11) is 0. The van der Waals surface area contributed by atoms with Crippen LogP contribution in [0, 0.1) is 25.2 Å². The fourth-order valence-electron chi connectivity index (χ4n) is 0.919. The molecule has 1 rings (SSSR count).